The van der Waals surface area contributed by atoms with Gasteiger partial charge in [-0.3, -0.25) is 0 Å². The molecule has 1 aromatic heterocycles. The standard InChI is InChI=1S/C36H50N2O.2ClH.Fe/c1-23(37-29-19-25(33(3,4)5)17-26(20-29)34(6,7)8)31-15-16-32(39-31)24(2)38-30-21-27(35(9,10)11)18-28(22-30)36(12,13)14;;;/h15-22H,1-14H3;2*1H;/q;;;+2/p-2. The molecule has 0 aliphatic rings. The molecule has 3 rings (SSSR count). The molecule has 0 unspecified atom stereocenters. The Bertz CT molecular complexity index is 1250. The molecule has 232 valence electrons. The Balaban J connectivity index is 0.00000197. The second-order valence-corrected chi connectivity index (χ2v) is 17.0. The summed E-state index contributed by atoms with van der Waals surface area (Å²) in [4.78, 5) is 9.99. The molecule has 2 aromatic carbocycles. The molecule has 0 aliphatic heterocycles. The fourth-order valence-electron chi connectivity index (χ4n) is 4.31. The van der Waals surface area contributed by atoms with Gasteiger partial charge >= 0.3 is 33.3 Å². The number of benzene rings is 2. The van der Waals surface area contributed by atoms with E-state index >= 15 is 0 Å². The molecule has 0 spiro atoms. The number of hydrogen-bond acceptors (Lipinski definition) is 3. The van der Waals surface area contributed by atoms with Crippen molar-refractivity contribution in [1.82, 2.24) is 0 Å². The van der Waals surface area contributed by atoms with Gasteiger partial charge in [-0.15, -0.1) is 0 Å². The second-order valence-electron chi connectivity index (χ2n) is 15.1. The van der Waals surface area contributed by atoms with Gasteiger partial charge in [-0.05, 0) is 94.2 Å². The molecular formula is C36H50Cl2FeN2O. The number of nitrogens with zero attached hydrogens (tertiary/aromatic N) is 2. The zero-order valence-electron chi connectivity index (χ0n) is 28.0. The van der Waals surface area contributed by atoms with Crippen LogP contribution in [-0.4, -0.2) is 11.4 Å². The van der Waals surface area contributed by atoms with Gasteiger partial charge in [-0.25, -0.2) is 9.98 Å². The molecule has 3 nitrogen and oxygen atoms in total. The number of furan rings is 1. The van der Waals surface area contributed by atoms with Gasteiger partial charge in [0.25, 0.3) is 0 Å². The summed E-state index contributed by atoms with van der Waals surface area (Å²) in [7, 11) is 9.53. The third-order valence-electron chi connectivity index (χ3n) is 7.21. The quantitative estimate of drug-likeness (QED) is 0.204. The zero-order chi connectivity index (χ0) is 32.3. The van der Waals surface area contributed by atoms with Crippen molar-refractivity contribution in [1.29, 1.82) is 0 Å². The van der Waals surface area contributed by atoms with Crippen molar-refractivity contribution in [3.8, 4) is 0 Å². The van der Waals surface area contributed by atoms with Crippen LogP contribution in [-0.2, 0) is 34.8 Å². The van der Waals surface area contributed by atoms with Gasteiger partial charge in [-0.1, -0.05) is 95.2 Å². The van der Waals surface area contributed by atoms with E-state index in [9.17, 15) is 0 Å². The summed E-state index contributed by atoms with van der Waals surface area (Å²) in [6, 6.07) is 17.4. The van der Waals surface area contributed by atoms with Crippen molar-refractivity contribution in [3.63, 3.8) is 0 Å². The van der Waals surface area contributed by atoms with Gasteiger partial charge in [-0.2, -0.15) is 0 Å². The van der Waals surface area contributed by atoms with Crippen LogP contribution in [0.5, 0.6) is 0 Å². The first-order valence-corrected chi connectivity index (χ1v) is 17.5. The molecule has 0 fully saturated rings. The summed E-state index contributed by atoms with van der Waals surface area (Å²) in [5.74, 6) is 1.52. The molecule has 42 heavy (non-hydrogen) atoms. The van der Waals surface area contributed by atoms with Crippen LogP contribution >= 0.6 is 20.2 Å². The van der Waals surface area contributed by atoms with E-state index in [1.807, 2.05) is 26.0 Å². The van der Waals surface area contributed by atoms with Crippen molar-refractivity contribution >= 4 is 43.0 Å². The van der Waals surface area contributed by atoms with Gasteiger partial charge in [0.15, 0.2) is 0 Å². The molecule has 0 atom stereocenters. The van der Waals surface area contributed by atoms with Crippen LogP contribution < -0.4 is 0 Å². The monoisotopic (exact) mass is 652 g/mol. The van der Waals surface area contributed by atoms with Gasteiger partial charge in [0.2, 0.25) is 0 Å². The first kappa shape index (κ1) is 36.4. The van der Waals surface area contributed by atoms with E-state index in [1.54, 1.807) is 0 Å². The summed E-state index contributed by atoms with van der Waals surface area (Å²) in [6.07, 6.45) is 0. The van der Waals surface area contributed by atoms with Crippen molar-refractivity contribution < 1.29 is 17.6 Å². The topological polar surface area (TPSA) is 37.9 Å². The van der Waals surface area contributed by atoms with Crippen LogP contribution in [0.2, 0.25) is 0 Å². The average molecular weight is 654 g/mol. The van der Waals surface area contributed by atoms with Crippen LogP contribution in [0.4, 0.5) is 11.4 Å². The van der Waals surface area contributed by atoms with Gasteiger partial charge in [0.1, 0.15) is 11.5 Å². The predicted octanol–water partition coefficient (Wildman–Crippen LogP) is 12.1. The molecule has 1 heterocycles. The second kappa shape index (κ2) is 13.9. The summed E-state index contributed by atoms with van der Waals surface area (Å²) < 4.78 is 6.28. The Morgan fingerprint density at radius 1 is 0.524 bits per heavy atom. The Labute approximate surface area is 270 Å². The van der Waals surface area contributed by atoms with Crippen LogP contribution in [0.25, 0.3) is 0 Å². The molecule has 0 aliphatic carbocycles. The first-order valence-electron chi connectivity index (χ1n) is 14.4. The van der Waals surface area contributed by atoms with Crippen LogP contribution in [0.1, 0.15) is 131 Å². The summed E-state index contributed by atoms with van der Waals surface area (Å²) in [6.45, 7) is 31.0. The molecule has 0 bridgehead atoms. The van der Waals surface area contributed by atoms with E-state index in [2.05, 4.69) is 119 Å². The number of hydrogen-bond donors (Lipinski definition) is 0. The summed E-state index contributed by atoms with van der Waals surface area (Å²) in [5, 5.41) is 0. The van der Waals surface area contributed by atoms with E-state index in [0.717, 1.165) is 34.3 Å². The fraction of sp³-hybridized carbons (Fsp3) is 0.500. The molecule has 0 saturated heterocycles. The number of halogens is 2. The van der Waals surface area contributed by atoms with Crippen LogP contribution in [0, 0.1) is 0 Å². The minimum atomic E-state index is 0.0437. The van der Waals surface area contributed by atoms with Gasteiger partial charge in [0, 0.05) is 0 Å². The van der Waals surface area contributed by atoms with Crippen LogP contribution in [0.3, 0.4) is 0 Å². The van der Waals surface area contributed by atoms with E-state index in [4.69, 9.17) is 34.6 Å². The van der Waals surface area contributed by atoms with Crippen molar-refractivity contribution in [2.45, 2.75) is 119 Å². The van der Waals surface area contributed by atoms with Crippen LogP contribution in [0.15, 0.2) is 62.9 Å². The number of aliphatic imine (C=N–C) groups is 2. The first-order chi connectivity index (χ1) is 19.1. The molecule has 6 heteroatoms. The van der Waals surface area contributed by atoms with E-state index in [0.29, 0.717) is 0 Å². The predicted molar refractivity (Wildman–Crippen MR) is 182 cm³/mol. The Morgan fingerprint density at radius 2 is 0.762 bits per heavy atom. The maximum atomic E-state index is 6.28. The van der Waals surface area contributed by atoms with Crippen molar-refractivity contribution in [2.24, 2.45) is 9.98 Å². The van der Waals surface area contributed by atoms with E-state index in [-0.39, 0.29) is 34.8 Å². The Morgan fingerprint density at radius 3 is 0.976 bits per heavy atom. The van der Waals surface area contributed by atoms with Crippen molar-refractivity contribution in [3.05, 3.63) is 82.3 Å². The fourth-order valence-corrected chi connectivity index (χ4v) is 4.31. The normalized spacial score (nSPS) is 13.7. The minimum absolute atomic E-state index is 0.0437. The third-order valence-corrected chi connectivity index (χ3v) is 7.21. The van der Waals surface area contributed by atoms with Gasteiger partial charge in [0.05, 0.1) is 22.8 Å². The summed E-state index contributed by atoms with van der Waals surface area (Å²) in [5.41, 5.74) is 8.95. The number of rotatable bonds is 4. The molecule has 3 aromatic rings. The molecule has 0 radical (unpaired) electrons. The molecule has 0 amide bonds. The maximum absolute atomic E-state index is 6.28. The molecule has 0 saturated carbocycles. The SMILES string of the molecule is CC(=Nc1cc(C(C)(C)C)cc(C(C)(C)C)c1)c1ccc(C(C)=Nc2cc(C(C)(C)C)cc(C(C)(C)C)c2)o1.[Cl][Fe][Cl]. The van der Waals surface area contributed by atoms with E-state index in [1.165, 1.54) is 22.3 Å². The average Bonchev–Trinajstić information content (AvgIpc) is 3.33. The zero-order valence-corrected chi connectivity index (χ0v) is 30.6. The van der Waals surface area contributed by atoms with Gasteiger partial charge < -0.3 is 4.42 Å². The molecular weight excluding hydrogens is 603 g/mol. The van der Waals surface area contributed by atoms with E-state index < -0.39 is 0 Å². The Kier molecular flexibility index (Phi) is 12.0. The Hall–Kier alpha value is -1.84. The third kappa shape index (κ3) is 10.4. The van der Waals surface area contributed by atoms with Crippen molar-refractivity contribution in [2.75, 3.05) is 0 Å². The summed E-state index contributed by atoms with van der Waals surface area (Å²) >= 11 is 0.194. The molecule has 0 N–H and O–H groups in total.